The van der Waals surface area contributed by atoms with Crippen LogP contribution in [-0.4, -0.2) is 56.1 Å². The second-order valence-electron chi connectivity index (χ2n) is 7.06. The maximum absolute atomic E-state index is 12.2. The Morgan fingerprint density at radius 3 is 3.07 bits per heavy atom. The Bertz CT molecular complexity index is 993. The molecule has 0 bridgehead atoms. The summed E-state index contributed by atoms with van der Waals surface area (Å²) in [7, 11) is 1.58. The summed E-state index contributed by atoms with van der Waals surface area (Å²) in [5.74, 6) is 0.584. The van der Waals surface area contributed by atoms with E-state index in [0.717, 1.165) is 16.8 Å². The number of fused-ring (bicyclic) bond motifs is 1. The zero-order valence-electron chi connectivity index (χ0n) is 16.7. The summed E-state index contributed by atoms with van der Waals surface area (Å²) in [6.07, 6.45) is 7.59. The number of rotatable bonds is 7. The molecule has 1 aliphatic heterocycles. The lowest BCUT2D eigenvalue weighted by Gasteiger charge is -2.14. The number of carbonyl (C=O) groups excluding carboxylic acids is 1. The summed E-state index contributed by atoms with van der Waals surface area (Å²) < 4.78 is 13.0. The van der Waals surface area contributed by atoms with Crippen molar-refractivity contribution in [1.82, 2.24) is 35.3 Å². The van der Waals surface area contributed by atoms with Gasteiger partial charge in [-0.3, -0.25) is 4.79 Å². The van der Waals surface area contributed by atoms with Gasteiger partial charge in [-0.05, 0) is 24.1 Å². The Morgan fingerprint density at radius 1 is 1.37 bits per heavy atom. The smallest absolute Gasteiger partial charge is 0.222 e. The van der Waals surface area contributed by atoms with E-state index in [4.69, 9.17) is 9.47 Å². The maximum atomic E-state index is 12.2. The number of pyridine rings is 1. The largest absolute Gasteiger partial charge is 0.481 e. The minimum atomic E-state index is -0.0114. The normalized spacial score (nSPS) is 15.8. The van der Waals surface area contributed by atoms with Crippen LogP contribution in [0.4, 0.5) is 0 Å². The second-order valence-corrected chi connectivity index (χ2v) is 7.06. The van der Waals surface area contributed by atoms with Crippen LogP contribution in [0, 0.1) is 5.92 Å². The molecule has 0 aliphatic carbocycles. The van der Waals surface area contributed by atoms with Crippen LogP contribution in [0.5, 0.6) is 5.88 Å². The molecule has 0 saturated carbocycles. The van der Waals surface area contributed by atoms with E-state index in [1.807, 2.05) is 16.8 Å². The molecule has 0 saturated heterocycles. The Kier molecular flexibility index (Phi) is 6.23. The first-order chi connectivity index (χ1) is 14.7. The Balaban J connectivity index is 1.36. The zero-order chi connectivity index (χ0) is 20.8. The molecule has 0 radical (unpaired) electrons. The summed E-state index contributed by atoms with van der Waals surface area (Å²) in [4.78, 5) is 24.4. The van der Waals surface area contributed by atoms with Gasteiger partial charge in [-0.15, -0.1) is 5.10 Å². The van der Waals surface area contributed by atoms with Crippen LogP contribution >= 0.6 is 0 Å². The molecule has 10 heteroatoms. The van der Waals surface area contributed by atoms with Crippen molar-refractivity contribution in [2.24, 2.45) is 5.92 Å². The molecule has 1 atom stereocenters. The number of methoxy groups -OCH3 is 1. The van der Waals surface area contributed by atoms with Crippen molar-refractivity contribution >= 4 is 5.91 Å². The Labute approximate surface area is 173 Å². The number of hydrogen-bond acceptors (Lipinski definition) is 8. The lowest BCUT2D eigenvalue weighted by molar-refractivity contribution is -0.121. The van der Waals surface area contributed by atoms with Gasteiger partial charge in [0.2, 0.25) is 11.8 Å². The van der Waals surface area contributed by atoms with E-state index in [9.17, 15) is 4.79 Å². The maximum Gasteiger partial charge on any atom is 0.222 e. The number of ether oxygens (including phenoxy) is 2. The molecule has 4 rings (SSSR count). The van der Waals surface area contributed by atoms with Crippen molar-refractivity contribution in [3.8, 4) is 17.1 Å². The molecule has 3 aromatic rings. The highest BCUT2D eigenvalue weighted by Crippen LogP contribution is 2.30. The fraction of sp³-hybridized carbons (Fsp3) is 0.400. The lowest BCUT2D eigenvalue weighted by Crippen LogP contribution is -2.33. The summed E-state index contributed by atoms with van der Waals surface area (Å²) in [5, 5.41) is 11.6. The van der Waals surface area contributed by atoms with Crippen molar-refractivity contribution in [2.75, 3.05) is 20.3 Å². The lowest BCUT2D eigenvalue weighted by atomic mass is 10.1. The SMILES string of the molecule is COc1ncccc1-c1nnn2c1COC[C@H](CNC(=O)CCc1cncnc1)C2. The first kappa shape index (κ1) is 19.9. The molecule has 1 amide bonds. The van der Waals surface area contributed by atoms with Crippen molar-refractivity contribution in [3.05, 3.63) is 48.3 Å². The molecular weight excluding hydrogens is 386 g/mol. The van der Waals surface area contributed by atoms with Gasteiger partial charge in [0, 0.05) is 44.0 Å². The van der Waals surface area contributed by atoms with Gasteiger partial charge in [-0.1, -0.05) is 5.21 Å². The minimum Gasteiger partial charge on any atom is -0.481 e. The van der Waals surface area contributed by atoms with Gasteiger partial charge < -0.3 is 14.8 Å². The van der Waals surface area contributed by atoms with Crippen molar-refractivity contribution in [3.63, 3.8) is 0 Å². The zero-order valence-corrected chi connectivity index (χ0v) is 16.7. The molecular formula is C20H23N7O3. The molecule has 0 unspecified atom stereocenters. The van der Waals surface area contributed by atoms with E-state index in [1.54, 1.807) is 25.7 Å². The fourth-order valence-electron chi connectivity index (χ4n) is 3.37. The van der Waals surface area contributed by atoms with Gasteiger partial charge in [0.25, 0.3) is 0 Å². The van der Waals surface area contributed by atoms with Crippen LogP contribution in [0.2, 0.25) is 0 Å². The molecule has 1 N–H and O–H groups in total. The van der Waals surface area contributed by atoms with Gasteiger partial charge in [-0.2, -0.15) is 0 Å². The van der Waals surface area contributed by atoms with Crippen LogP contribution in [0.25, 0.3) is 11.3 Å². The quantitative estimate of drug-likeness (QED) is 0.615. The van der Waals surface area contributed by atoms with Crippen molar-refractivity contribution < 1.29 is 14.3 Å². The topological polar surface area (TPSA) is 117 Å². The number of aryl methyl sites for hydroxylation is 1. The van der Waals surface area contributed by atoms with Gasteiger partial charge in [-0.25, -0.2) is 19.6 Å². The standard InChI is InChI=1S/C20H23N7O3/c1-29-20-16(3-2-6-23-20)19-17-12-30-11-15(10-27(17)26-25-19)9-24-18(28)5-4-14-7-21-13-22-8-14/h2-3,6-8,13,15H,4-5,9-12H2,1H3,(H,24,28)/t15-/m1/s1. The number of aromatic nitrogens is 6. The number of carbonyl (C=O) groups is 1. The minimum absolute atomic E-state index is 0.0114. The van der Waals surface area contributed by atoms with Crippen molar-refractivity contribution in [1.29, 1.82) is 0 Å². The summed E-state index contributed by atoms with van der Waals surface area (Å²) in [6, 6.07) is 3.73. The Hall–Kier alpha value is -3.40. The van der Waals surface area contributed by atoms with Crippen LogP contribution in [0.1, 0.15) is 17.7 Å². The highest BCUT2D eigenvalue weighted by atomic mass is 16.5. The molecule has 1 aliphatic rings. The van der Waals surface area contributed by atoms with E-state index < -0.39 is 0 Å². The molecule has 0 aromatic carbocycles. The third-order valence-electron chi connectivity index (χ3n) is 4.92. The molecule has 0 fully saturated rings. The van der Waals surface area contributed by atoms with Crippen LogP contribution < -0.4 is 10.1 Å². The Morgan fingerprint density at radius 2 is 2.23 bits per heavy atom. The first-order valence-corrected chi connectivity index (χ1v) is 9.74. The number of nitrogens with one attached hydrogen (secondary N) is 1. The van der Waals surface area contributed by atoms with Gasteiger partial charge in [0.15, 0.2) is 0 Å². The van der Waals surface area contributed by atoms with Gasteiger partial charge in [0.1, 0.15) is 12.0 Å². The molecule has 4 heterocycles. The van der Waals surface area contributed by atoms with Gasteiger partial charge >= 0.3 is 0 Å². The molecule has 156 valence electrons. The average Bonchev–Trinajstić information content (AvgIpc) is 3.07. The fourth-order valence-corrected chi connectivity index (χ4v) is 3.37. The van der Waals surface area contributed by atoms with E-state index in [2.05, 4.69) is 30.6 Å². The summed E-state index contributed by atoms with van der Waals surface area (Å²) in [6.45, 7) is 2.03. The highest BCUT2D eigenvalue weighted by Gasteiger charge is 2.24. The van der Waals surface area contributed by atoms with Gasteiger partial charge in [0.05, 0.1) is 31.6 Å². The number of nitrogens with zero attached hydrogens (tertiary/aromatic N) is 6. The monoisotopic (exact) mass is 409 g/mol. The van der Waals surface area contributed by atoms with E-state index in [1.165, 1.54) is 6.33 Å². The third-order valence-corrected chi connectivity index (χ3v) is 4.92. The highest BCUT2D eigenvalue weighted by molar-refractivity contribution is 5.76. The van der Waals surface area contributed by atoms with Crippen LogP contribution in [0.3, 0.4) is 0 Å². The first-order valence-electron chi connectivity index (χ1n) is 9.74. The molecule has 10 nitrogen and oxygen atoms in total. The summed E-state index contributed by atoms with van der Waals surface area (Å²) >= 11 is 0. The predicted octanol–water partition coefficient (Wildman–Crippen LogP) is 1.03. The van der Waals surface area contributed by atoms with E-state index in [-0.39, 0.29) is 11.8 Å². The molecule has 3 aromatic heterocycles. The van der Waals surface area contributed by atoms with E-state index in [0.29, 0.717) is 50.7 Å². The van der Waals surface area contributed by atoms with Crippen molar-refractivity contribution in [2.45, 2.75) is 26.0 Å². The summed E-state index contributed by atoms with van der Waals surface area (Å²) in [5.41, 5.74) is 3.30. The number of amides is 1. The molecule has 30 heavy (non-hydrogen) atoms. The average molecular weight is 409 g/mol. The molecule has 0 spiro atoms. The number of hydrogen-bond donors (Lipinski definition) is 1. The third kappa shape index (κ3) is 4.60. The van der Waals surface area contributed by atoms with E-state index >= 15 is 0 Å². The van der Waals surface area contributed by atoms with Crippen LogP contribution in [-0.2, 0) is 29.1 Å². The predicted molar refractivity (Wildman–Crippen MR) is 106 cm³/mol. The second kappa shape index (κ2) is 9.40. The van der Waals surface area contributed by atoms with Crippen LogP contribution in [0.15, 0.2) is 37.1 Å².